The maximum atomic E-state index is 14.2. The Kier molecular flexibility index (Phi) is 6.88. The second kappa shape index (κ2) is 9.78. The van der Waals surface area contributed by atoms with Crippen molar-refractivity contribution in [3.05, 3.63) is 99.9 Å². The van der Waals surface area contributed by atoms with E-state index in [1.807, 2.05) is 0 Å². The van der Waals surface area contributed by atoms with Crippen molar-refractivity contribution in [2.45, 2.75) is 24.7 Å². The number of methoxy groups -OCH3 is 1. The first-order valence-electron chi connectivity index (χ1n) is 11.0. The highest BCUT2D eigenvalue weighted by molar-refractivity contribution is 5.99. The minimum Gasteiger partial charge on any atom is -0.489 e. The van der Waals surface area contributed by atoms with Crippen molar-refractivity contribution in [2.75, 3.05) is 13.7 Å². The van der Waals surface area contributed by atoms with Crippen molar-refractivity contribution in [3.63, 3.8) is 0 Å². The highest BCUT2D eigenvalue weighted by Gasteiger charge is 2.56. The molecule has 4 rings (SSSR count). The standard InChI is InChI=1S/C27H21F4NO5/c1-15(33)17-5-10-23(22(12-17)25(34)36-2)37-14-26(35,27(29,30)31)19-6-9-21-18(11-19)13-32-24(21)16-3-7-20(28)8-4-16/h3-13,24,35H,14H2,1-2H3. The Morgan fingerprint density at radius 2 is 1.73 bits per heavy atom. The Bertz CT molecular complexity index is 1380. The van der Waals surface area contributed by atoms with Crippen LogP contribution in [0.5, 0.6) is 5.75 Å². The largest absolute Gasteiger partial charge is 0.489 e. The lowest BCUT2D eigenvalue weighted by molar-refractivity contribution is -0.275. The number of fused-ring (bicyclic) bond motifs is 1. The first-order chi connectivity index (χ1) is 17.4. The number of aliphatic imine (C=N–C) groups is 1. The Balaban J connectivity index is 1.66. The lowest BCUT2D eigenvalue weighted by Crippen LogP contribution is -2.47. The topological polar surface area (TPSA) is 85.2 Å². The van der Waals surface area contributed by atoms with E-state index >= 15 is 0 Å². The lowest BCUT2D eigenvalue weighted by Gasteiger charge is -2.31. The summed E-state index contributed by atoms with van der Waals surface area (Å²) in [5, 5.41) is 10.8. The molecule has 0 spiro atoms. The van der Waals surface area contributed by atoms with Gasteiger partial charge in [-0.3, -0.25) is 9.79 Å². The zero-order valence-corrected chi connectivity index (χ0v) is 19.7. The Labute approximate surface area is 209 Å². The molecular weight excluding hydrogens is 494 g/mol. The molecule has 1 aliphatic heterocycles. The van der Waals surface area contributed by atoms with Crippen LogP contribution in [0, 0.1) is 5.82 Å². The fourth-order valence-electron chi connectivity index (χ4n) is 3.99. The van der Waals surface area contributed by atoms with Gasteiger partial charge in [-0.05, 0) is 65.6 Å². The van der Waals surface area contributed by atoms with Crippen LogP contribution in [0.15, 0.2) is 65.7 Å². The lowest BCUT2D eigenvalue weighted by atomic mass is 9.89. The van der Waals surface area contributed by atoms with Crippen molar-refractivity contribution in [1.82, 2.24) is 0 Å². The molecule has 1 heterocycles. The van der Waals surface area contributed by atoms with E-state index in [1.165, 1.54) is 61.7 Å². The first kappa shape index (κ1) is 26.0. The normalized spacial score (nSPS) is 16.1. The van der Waals surface area contributed by atoms with Crippen molar-refractivity contribution in [3.8, 4) is 5.75 Å². The molecule has 0 amide bonds. The Morgan fingerprint density at radius 3 is 2.35 bits per heavy atom. The number of alkyl halides is 3. The van der Waals surface area contributed by atoms with Crippen molar-refractivity contribution >= 4 is 18.0 Å². The smallest absolute Gasteiger partial charge is 0.424 e. The Morgan fingerprint density at radius 1 is 1.03 bits per heavy atom. The maximum absolute atomic E-state index is 14.2. The molecule has 2 unspecified atom stereocenters. The zero-order valence-electron chi connectivity index (χ0n) is 19.7. The molecule has 192 valence electrons. The van der Waals surface area contributed by atoms with E-state index in [4.69, 9.17) is 4.74 Å². The quantitative estimate of drug-likeness (QED) is 0.267. The second-order valence-corrected chi connectivity index (χ2v) is 8.48. The molecule has 37 heavy (non-hydrogen) atoms. The van der Waals surface area contributed by atoms with Crippen LogP contribution >= 0.6 is 0 Å². The number of hydrogen-bond acceptors (Lipinski definition) is 6. The van der Waals surface area contributed by atoms with E-state index in [0.717, 1.165) is 19.2 Å². The molecule has 0 bridgehead atoms. The maximum Gasteiger partial charge on any atom is 0.424 e. The Hall–Kier alpha value is -4.05. The highest BCUT2D eigenvalue weighted by atomic mass is 19.4. The minimum absolute atomic E-state index is 0.132. The fraction of sp³-hybridized carbons (Fsp3) is 0.222. The highest BCUT2D eigenvalue weighted by Crippen LogP contribution is 2.42. The van der Waals surface area contributed by atoms with Gasteiger partial charge in [0, 0.05) is 11.8 Å². The van der Waals surface area contributed by atoms with Crippen LogP contribution < -0.4 is 4.74 Å². The molecule has 6 nitrogen and oxygen atoms in total. The van der Waals surface area contributed by atoms with Gasteiger partial charge in [-0.15, -0.1) is 0 Å². The molecule has 3 aromatic rings. The number of rotatable bonds is 7. The molecule has 0 saturated carbocycles. The van der Waals surface area contributed by atoms with Crippen LogP contribution in [0.2, 0.25) is 0 Å². The number of hydrogen-bond donors (Lipinski definition) is 1. The summed E-state index contributed by atoms with van der Waals surface area (Å²) in [4.78, 5) is 28.2. The predicted molar refractivity (Wildman–Crippen MR) is 126 cm³/mol. The molecular formula is C27H21F4NO5. The number of benzene rings is 3. The number of esters is 1. The van der Waals surface area contributed by atoms with E-state index in [0.29, 0.717) is 16.7 Å². The van der Waals surface area contributed by atoms with Crippen LogP contribution in [0.25, 0.3) is 0 Å². The van der Waals surface area contributed by atoms with Gasteiger partial charge in [0.15, 0.2) is 5.78 Å². The van der Waals surface area contributed by atoms with Gasteiger partial charge < -0.3 is 14.6 Å². The molecule has 1 aliphatic rings. The molecule has 0 fully saturated rings. The van der Waals surface area contributed by atoms with Gasteiger partial charge in [0.2, 0.25) is 5.60 Å². The van der Waals surface area contributed by atoms with Gasteiger partial charge in [-0.1, -0.05) is 24.3 Å². The molecule has 0 saturated heterocycles. The van der Waals surface area contributed by atoms with Gasteiger partial charge in [0.05, 0.1) is 7.11 Å². The number of ketones is 1. The van der Waals surface area contributed by atoms with Crippen LogP contribution in [0.3, 0.4) is 0 Å². The average molecular weight is 515 g/mol. The molecule has 2 atom stereocenters. The van der Waals surface area contributed by atoms with E-state index in [-0.39, 0.29) is 22.7 Å². The van der Waals surface area contributed by atoms with Crippen molar-refractivity contribution in [2.24, 2.45) is 4.99 Å². The number of Topliss-reactive ketones (excluding diaryl/α,β-unsaturated/α-hetero) is 1. The molecule has 3 aromatic carbocycles. The monoisotopic (exact) mass is 515 g/mol. The second-order valence-electron chi connectivity index (χ2n) is 8.48. The number of nitrogens with zero attached hydrogens (tertiary/aromatic N) is 1. The number of carbonyl (C=O) groups is 2. The van der Waals surface area contributed by atoms with E-state index in [2.05, 4.69) is 9.73 Å². The van der Waals surface area contributed by atoms with Gasteiger partial charge >= 0.3 is 12.1 Å². The molecule has 10 heteroatoms. The van der Waals surface area contributed by atoms with Crippen molar-refractivity contribution < 1.29 is 41.7 Å². The SMILES string of the molecule is COC(=O)c1cc(C(C)=O)ccc1OCC(O)(c1ccc2c(c1)C=NC2c1ccc(F)cc1)C(F)(F)F. The third-order valence-electron chi connectivity index (χ3n) is 6.10. The summed E-state index contributed by atoms with van der Waals surface area (Å²) < 4.78 is 65.8. The third kappa shape index (κ3) is 4.97. The summed E-state index contributed by atoms with van der Waals surface area (Å²) in [7, 11) is 1.07. The van der Waals surface area contributed by atoms with E-state index in [1.54, 1.807) is 0 Å². The summed E-state index contributed by atoms with van der Waals surface area (Å²) in [6.45, 7) is -0.0195. The third-order valence-corrected chi connectivity index (χ3v) is 6.10. The van der Waals surface area contributed by atoms with E-state index < -0.39 is 41.8 Å². The summed E-state index contributed by atoms with van der Waals surface area (Å²) in [6.07, 6.45) is -3.77. The first-order valence-corrected chi connectivity index (χ1v) is 11.0. The average Bonchev–Trinajstić information content (AvgIpc) is 3.29. The van der Waals surface area contributed by atoms with Gasteiger partial charge in [-0.25, -0.2) is 9.18 Å². The summed E-state index contributed by atoms with van der Waals surface area (Å²) in [5.74, 6) is -2.02. The number of aliphatic hydroxyl groups is 1. The van der Waals surface area contributed by atoms with Crippen LogP contribution in [0.4, 0.5) is 17.6 Å². The molecule has 0 aromatic heterocycles. The van der Waals surface area contributed by atoms with Gasteiger partial charge in [0.1, 0.15) is 29.8 Å². The van der Waals surface area contributed by atoms with Crippen LogP contribution in [0.1, 0.15) is 55.9 Å². The van der Waals surface area contributed by atoms with E-state index in [9.17, 15) is 32.3 Å². The summed E-state index contributed by atoms with van der Waals surface area (Å²) in [6, 6.07) is 12.4. The fourth-order valence-corrected chi connectivity index (χ4v) is 3.99. The number of carbonyl (C=O) groups excluding carboxylic acids is 2. The molecule has 1 N–H and O–H groups in total. The van der Waals surface area contributed by atoms with Crippen LogP contribution in [-0.2, 0) is 10.3 Å². The predicted octanol–water partition coefficient (Wildman–Crippen LogP) is 5.17. The zero-order chi connectivity index (χ0) is 27.0. The van der Waals surface area contributed by atoms with Crippen LogP contribution in [-0.4, -0.2) is 43.0 Å². The molecule has 0 aliphatic carbocycles. The number of ether oxygens (including phenoxy) is 2. The van der Waals surface area contributed by atoms with Gasteiger partial charge in [0.25, 0.3) is 0 Å². The number of halogens is 4. The molecule has 0 radical (unpaired) electrons. The van der Waals surface area contributed by atoms with Gasteiger partial charge in [-0.2, -0.15) is 13.2 Å². The summed E-state index contributed by atoms with van der Waals surface area (Å²) in [5.41, 5.74) is -2.47. The van der Waals surface area contributed by atoms with Crippen molar-refractivity contribution in [1.29, 1.82) is 0 Å². The minimum atomic E-state index is -5.15. The summed E-state index contributed by atoms with van der Waals surface area (Å²) >= 11 is 0.